The standard InChI is InChI=1S/C13H19BrN2O/c1-2-3-4-5-6-7-13(17)16-11-8-9-12(14)15-10-11/h8-10H,2-7H2,1H3,(H,16,17). The zero-order chi connectivity index (χ0) is 12.5. The number of carbonyl (C=O) groups is 1. The molecule has 1 aromatic heterocycles. The third kappa shape index (κ3) is 6.41. The van der Waals surface area contributed by atoms with Gasteiger partial charge < -0.3 is 5.32 Å². The molecule has 0 spiro atoms. The van der Waals surface area contributed by atoms with E-state index in [-0.39, 0.29) is 5.91 Å². The number of hydrogen-bond donors (Lipinski definition) is 1. The number of nitrogens with one attached hydrogen (secondary N) is 1. The number of anilines is 1. The van der Waals surface area contributed by atoms with Crippen molar-refractivity contribution in [2.24, 2.45) is 0 Å². The smallest absolute Gasteiger partial charge is 0.224 e. The fourth-order valence-electron chi connectivity index (χ4n) is 1.56. The van der Waals surface area contributed by atoms with Gasteiger partial charge in [0.25, 0.3) is 0 Å². The first-order chi connectivity index (χ1) is 8.22. The highest BCUT2D eigenvalue weighted by Gasteiger charge is 2.02. The number of nitrogens with zero attached hydrogens (tertiary/aromatic N) is 1. The molecule has 0 atom stereocenters. The van der Waals surface area contributed by atoms with E-state index in [1.54, 1.807) is 6.20 Å². The van der Waals surface area contributed by atoms with Crippen LogP contribution in [-0.2, 0) is 4.79 Å². The molecule has 1 heterocycles. The summed E-state index contributed by atoms with van der Waals surface area (Å²) in [5.41, 5.74) is 0.756. The van der Waals surface area contributed by atoms with Crippen LogP contribution in [0.1, 0.15) is 45.4 Å². The van der Waals surface area contributed by atoms with Gasteiger partial charge in [0.1, 0.15) is 4.60 Å². The average molecular weight is 299 g/mol. The summed E-state index contributed by atoms with van der Waals surface area (Å²) in [6, 6.07) is 3.66. The van der Waals surface area contributed by atoms with Gasteiger partial charge in [-0.1, -0.05) is 32.6 Å². The van der Waals surface area contributed by atoms with Crippen LogP contribution in [0.4, 0.5) is 5.69 Å². The second-order valence-electron chi connectivity index (χ2n) is 4.08. The quantitative estimate of drug-likeness (QED) is 0.607. The summed E-state index contributed by atoms with van der Waals surface area (Å²) < 4.78 is 0.773. The summed E-state index contributed by atoms with van der Waals surface area (Å²) >= 11 is 3.25. The van der Waals surface area contributed by atoms with E-state index in [0.29, 0.717) is 6.42 Å². The summed E-state index contributed by atoms with van der Waals surface area (Å²) in [6.45, 7) is 2.19. The maximum absolute atomic E-state index is 11.6. The van der Waals surface area contributed by atoms with Crippen molar-refractivity contribution < 1.29 is 4.79 Å². The largest absolute Gasteiger partial charge is 0.325 e. The van der Waals surface area contributed by atoms with Crippen LogP contribution in [0.3, 0.4) is 0 Å². The van der Waals surface area contributed by atoms with Gasteiger partial charge in [-0.2, -0.15) is 0 Å². The molecule has 3 nitrogen and oxygen atoms in total. The molecule has 0 aliphatic heterocycles. The van der Waals surface area contributed by atoms with Gasteiger partial charge >= 0.3 is 0 Å². The van der Waals surface area contributed by atoms with Crippen LogP contribution in [0.5, 0.6) is 0 Å². The highest BCUT2D eigenvalue weighted by molar-refractivity contribution is 9.10. The van der Waals surface area contributed by atoms with Gasteiger partial charge in [0.2, 0.25) is 5.91 Å². The van der Waals surface area contributed by atoms with Crippen molar-refractivity contribution in [3.05, 3.63) is 22.9 Å². The normalized spacial score (nSPS) is 10.2. The monoisotopic (exact) mass is 298 g/mol. The molecule has 4 heteroatoms. The molecule has 94 valence electrons. The van der Waals surface area contributed by atoms with Gasteiger partial charge in [-0.3, -0.25) is 4.79 Å². The number of hydrogen-bond acceptors (Lipinski definition) is 2. The molecule has 1 N–H and O–H groups in total. The van der Waals surface area contributed by atoms with Crippen molar-refractivity contribution in [1.82, 2.24) is 4.98 Å². The van der Waals surface area contributed by atoms with Crippen molar-refractivity contribution in [3.63, 3.8) is 0 Å². The number of carbonyl (C=O) groups excluding carboxylic acids is 1. The summed E-state index contributed by atoms with van der Waals surface area (Å²) in [7, 11) is 0. The second-order valence-corrected chi connectivity index (χ2v) is 4.89. The van der Waals surface area contributed by atoms with Crippen molar-refractivity contribution >= 4 is 27.5 Å². The van der Waals surface area contributed by atoms with Crippen LogP contribution in [0, 0.1) is 0 Å². The minimum Gasteiger partial charge on any atom is -0.325 e. The number of halogens is 1. The van der Waals surface area contributed by atoms with Crippen LogP contribution >= 0.6 is 15.9 Å². The molecular formula is C13H19BrN2O. The Morgan fingerprint density at radius 1 is 1.29 bits per heavy atom. The number of unbranched alkanes of at least 4 members (excludes halogenated alkanes) is 4. The van der Waals surface area contributed by atoms with E-state index < -0.39 is 0 Å². The maximum Gasteiger partial charge on any atom is 0.224 e. The zero-order valence-electron chi connectivity index (χ0n) is 10.2. The molecule has 17 heavy (non-hydrogen) atoms. The minimum atomic E-state index is 0.0746. The number of aromatic nitrogens is 1. The molecule has 0 saturated carbocycles. The molecule has 0 saturated heterocycles. The molecule has 0 aliphatic carbocycles. The SMILES string of the molecule is CCCCCCCC(=O)Nc1ccc(Br)nc1. The van der Waals surface area contributed by atoms with Crippen molar-refractivity contribution in [2.75, 3.05) is 5.32 Å². The first-order valence-corrected chi connectivity index (χ1v) is 6.93. The molecule has 1 amide bonds. The summed E-state index contributed by atoms with van der Waals surface area (Å²) in [5, 5.41) is 2.84. The Morgan fingerprint density at radius 2 is 2.06 bits per heavy atom. The fourth-order valence-corrected chi connectivity index (χ4v) is 1.80. The lowest BCUT2D eigenvalue weighted by Crippen LogP contribution is -2.11. The Hall–Kier alpha value is -0.900. The average Bonchev–Trinajstić information content (AvgIpc) is 2.32. The van der Waals surface area contributed by atoms with E-state index in [9.17, 15) is 4.79 Å². The molecule has 0 unspecified atom stereocenters. The van der Waals surface area contributed by atoms with E-state index in [0.717, 1.165) is 23.1 Å². The van der Waals surface area contributed by atoms with E-state index >= 15 is 0 Å². The van der Waals surface area contributed by atoms with Crippen molar-refractivity contribution in [2.45, 2.75) is 45.4 Å². The maximum atomic E-state index is 11.6. The Bertz CT molecular complexity index is 338. The van der Waals surface area contributed by atoms with Crippen LogP contribution in [-0.4, -0.2) is 10.9 Å². The van der Waals surface area contributed by atoms with Gasteiger partial charge in [0.05, 0.1) is 11.9 Å². The summed E-state index contributed by atoms with van der Waals surface area (Å²) in [5.74, 6) is 0.0746. The molecule has 0 bridgehead atoms. The predicted octanol–water partition coefficient (Wildman–Crippen LogP) is 4.14. The Morgan fingerprint density at radius 3 is 2.71 bits per heavy atom. The number of rotatable bonds is 7. The van der Waals surface area contributed by atoms with Crippen molar-refractivity contribution in [3.8, 4) is 0 Å². The Balaban J connectivity index is 2.18. The zero-order valence-corrected chi connectivity index (χ0v) is 11.8. The van der Waals surface area contributed by atoms with Crippen molar-refractivity contribution in [1.29, 1.82) is 0 Å². The van der Waals surface area contributed by atoms with Gasteiger partial charge in [-0.15, -0.1) is 0 Å². The summed E-state index contributed by atoms with van der Waals surface area (Å²) in [6.07, 6.45) is 8.08. The molecule has 0 radical (unpaired) electrons. The van der Waals surface area contributed by atoms with Gasteiger partial charge in [-0.05, 0) is 34.5 Å². The molecule has 0 aliphatic rings. The molecule has 0 fully saturated rings. The van der Waals surface area contributed by atoms with Gasteiger partial charge in [0.15, 0.2) is 0 Å². The highest BCUT2D eigenvalue weighted by Crippen LogP contribution is 2.11. The number of pyridine rings is 1. The predicted molar refractivity (Wildman–Crippen MR) is 73.9 cm³/mol. The Labute approximate surface area is 111 Å². The minimum absolute atomic E-state index is 0.0746. The van der Waals surface area contributed by atoms with Crippen LogP contribution in [0.15, 0.2) is 22.9 Å². The molecule has 1 rings (SSSR count). The lowest BCUT2D eigenvalue weighted by atomic mass is 10.1. The lowest BCUT2D eigenvalue weighted by Gasteiger charge is -2.04. The second kappa shape index (κ2) is 8.23. The third-order valence-electron chi connectivity index (χ3n) is 2.52. The molecule has 0 aromatic carbocycles. The third-order valence-corrected chi connectivity index (χ3v) is 2.99. The first-order valence-electron chi connectivity index (χ1n) is 6.13. The van der Waals surface area contributed by atoms with Crippen LogP contribution < -0.4 is 5.32 Å². The van der Waals surface area contributed by atoms with Gasteiger partial charge in [-0.25, -0.2) is 4.98 Å². The highest BCUT2D eigenvalue weighted by atomic mass is 79.9. The molecule has 1 aromatic rings. The van der Waals surface area contributed by atoms with E-state index in [1.165, 1.54) is 19.3 Å². The van der Waals surface area contributed by atoms with Crippen LogP contribution in [0.2, 0.25) is 0 Å². The lowest BCUT2D eigenvalue weighted by molar-refractivity contribution is -0.116. The van der Waals surface area contributed by atoms with E-state index in [1.807, 2.05) is 12.1 Å². The van der Waals surface area contributed by atoms with Gasteiger partial charge in [0, 0.05) is 6.42 Å². The first kappa shape index (κ1) is 14.2. The van der Waals surface area contributed by atoms with Crippen LogP contribution in [0.25, 0.3) is 0 Å². The summed E-state index contributed by atoms with van der Waals surface area (Å²) in [4.78, 5) is 15.6. The fraction of sp³-hybridized carbons (Fsp3) is 0.538. The molecular weight excluding hydrogens is 280 g/mol. The number of amides is 1. The topological polar surface area (TPSA) is 42.0 Å². The van der Waals surface area contributed by atoms with E-state index in [2.05, 4.69) is 33.2 Å². The Kier molecular flexibility index (Phi) is 6.86. The van der Waals surface area contributed by atoms with E-state index in [4.69, 9.17) is 0 Å².